The van der Waals surface area contributed by atoms with Gasteiger partial charge >= 0.3 is 0 Å². The molecule has 0 saturated heterocycles. The molecular formula is C14H17N5O. The molecule has 6 nitrogen and oxygen atoms in total. The van der Waals surface area contributed by atoms with Crippen molar-refractivity contribution in [2.45, 2.75) is 12.5 Å². The van der Waals surface area contributed by atoms with Gasteiger partial charge in [-0.15, -0.1) is 0 Å². The van der Waals surface area contributed by atoms with E-state index in [0.29, 0.717) is 18.2 Å². The Kier molecular flexibility index (Phi) is 3.28. The summed E-state index contributed by atoms with van der Waals surface area (Å²) in [4.78, 5) is 8.30. The van der Waals surface area contributed by atoms with Crippen LogP contribution in [0.25, 0.3) is 0 Å². The minimum Gasteiger partial charge on any atom is -0.493 e. The Balaban J connectivity index is 1.87. The van der Waals surface area contributed by atoms with Gasteiger partial charge in [0.25, 0.3) is 0 Å². The monoisotopic (exact) mass is 271 g/mol. The number of hydrogen-bond acceptors (Lipinski definition) is 6. The molecule has 3 rings (SSSR count). The molecule has 1 aromatic carbocycles. The second-order valence-corrected chi connectivity index (χ2v) is 4.62. The lowest BCUT2D eigenvalue weighted by atomic mass is 10.0. The van der Waals surface area contributed by atoms with E-state index < -0.39 is 0 Å². The molecule has 1 aromatic heterocycles. The quantitative estimate of drug-likeness (QED) is 0.792. The van der Waals surface area contributed by atoms with E-state index in [2.05, 4.69) is 26.7 Å². The van der Waals surface area contributed by atoms with Gasteiger partial charge in [0.15, 0.2) is 0 Å². The molecule has 1 aliphatic heterocycles. The van der Waals surface area contributed by atoms with Crippen molar-refractivity contribution in [1.82, 2.24) is 9.97 Å². The van der Waals surface area contributed by atoms with Gasteiger partial charge in [-0.25, -0.2) is 0 Å². The predicted molar refractivity (Wildman–Crippen MR) is 78.9 cm³/mol. The number of anilines is 3. The Morgan fingerprint density at radius 1 is 1.25 bits per heavy atom. The molecule has 4 N–H and O–H groups in total. The van der Waals surface area contributed by atoms with E-state index >= 15 is 0 Å². The average molecular weight is 271 g/mol. The molecule has 0 bridgehead atoms. The molecule has 0 radical (unpaired) electrons. The Morgan fingerprint density at radius 3 is 2.90 bits per heavy atom. The normalized spacial score (nSPS) is 16.9. The van der Waals surface area contributed by atoms with Crippen molar-refractivity contribution >= 4 is 17.6 Å². The summed E-state index contributed by atoms with van der Waals surface area (Å²) in [7, 11) is 1.80. The third-order valence-electron chi connectivity index (χ3n) is 3.28. The molecule has 1 aliphatic rings. The van der Waals surface area contributed by atoms with Gasteiger partial charge in [0.2, 0.25) is 5.95 Å². The number of nitrogens with two attached hydrogens (primary N) is 1. The summed E-state index contributed by atoms with van der Waals surface area (Å²) in [5.41, 5.74) is 6.85. The van der Waals surface area contributed by atoms with Gasteiger partial charge in [-0.05, 0) is 6.07 Å². The molecule has 0 aliphatic carbocycles. The standard InChI is InChI=1S/C14H17N5O/c1-16-12-8-13(19-14(15)18-12)17-10-6-7-20-11-5-3-2-4-9(10)11/h2-5,8,10H,6-7H2,1H3,(H4,15,16,17,18,19). The van der Waals surface area contributed by atoms with Crippen molar-refractivity contribution in [3.63, 3.8) is 0 Å². The van der Waals surface area contributed by atoms with Crippen molar-refractivity contribution in [2.75, 3.05) is 30.0 Å². The molecule has 1 unspecified atom stereocenters. The largest absolute Gasteiger partial charge is 0.493 e. The first kappa shape index (κ1) is 12.5. The Morgan fingerprint density at radius 2 is 2.05 bits per heavy atom. The van der Waals surface area contributed by atoms with Crippen LogP contribution in [0, 0.1) is 0 Å². The zero-order valence-corrected chi connectivity index (χ0v) is 11.3. The molecule has 0 fully saturated rings. The number of aromatic nitrogens is 2. The summed E-state index contributed by atoms with van der Waals surface area (Å²) in [5.74, 6) is 2.58. The van der Waals surface area contributed by atoms with Crippen molar-refractivity contribution < 1.29 is 4.74 Å². The second kappa shape index (κ2) is 5.24. The van der Waals surface area contributed by atoms with Gasteiger partial charge in [0.05, 0.1) is 12.6 Å². The SMILES string of the molecule is CNc1cc(NC2CCOc3ccccc32)nc(N)n1. The Labute approximate surface area is 117 Å². The highest BCUT2D eigenvalue weighted by atomic mass is 16.5. The summed E-state index contributed by atoms with van der Waals surface area (Å²) < 4.78 is 5.65. The first-order chi connectivity index (χ1) is 9.76. The molecule has 2 heterocycles. The zero-order chi connectivity index (χ0) is 13.9. The Hall–Kier alpha value is -2.50. The third kappa shape index (κ3) is 2.45. The molecule has 6 heteroatoms. The van der Waals surface area contributed by atoms with Gasteiger partial charge in [-0.3, -0.25) is 0 Å². The second-order valence-electron chi connectivity index (χ2n) is 4.62. The van der Waals surface area contributed by atoms with Crippen molar-refractivity contribution in [3.8, 4) is 5.75 Å². The smallest absolute Gasteiger partial charge is 0.223 e. The third-order valence-corrected chi connectivity index (χ3v) is 3.28. The highest BCUT2D eigenvalue weighted by Crippen LogP contribution is 2.33. The van der Waals surface area contributed by atoms with Crippen LogP contribution in [0.1, 0.15) is 18.0 Å². The predicted octanol–water partition coefficient (Wildman–Crippen LogP) is 2.04. The van der Waals surface area contributed by atoms with E-state index in [-0.39, 0.29) is 12.0 Å². The number of nitrogen functional groups attached to an aromatic ring is 1. The molecular weight excluding hydrogens is 254 g/mol. The van der Waals surface area contributed by atoms with Gasteiger partial charge in [0, 0.05) is 25.1 Å². The number of rotatable bonds is 3. The fourth-order valence-electron chi connectivity index (χ4n) is 2.34. The van der Waals surface area contributed by atoms with E-state index in [1.807, 2.05) is 24.3 Å². The summed E-state index contributed by atoms with van der Waals surface area (Å²) in [5, 5.41) is 6.37. The molecule has 0 spiro atoms. The van der Waals surface area contributed by atoms with Crippen LogP contribution >= 0.6 is 0 Å². The van der Waals surface area contributed by atoms with E-state index in [1.165, 1.54) is 0 Å². The van der Waals surface area contributed by atoms with E-state index in [9.17, 15) is 0 Å². The summed E-state index contributed by atoms with van der Waals surface area (Å²) in [6.07, 6.45) is 0.885. The number of nitrogens with one attached hydrogen (secondary N) is 2. The van der Waals surface area contributed by atoms with E-state index in [1.54, 1.807) is 7.05 Å². The molecule has 1 atom stereocenters. The van der Waals surface area contributed by atoms with Crippen LogP contribution in [0.15, 0.2) is 30.3 Å². The van der Waals surface area contributed by atoms with Gasteiger partial charge in [-0.2, -0.15) is 9.97 Å². The fraction of sp³-hybridized carbons (Fsp3) is 0.286. The number of ether oxygens (including phenoxy) is 1. The molecule has 0 amide bonds. The highest BCUT2D eigenvalue weighted by molar-refractivity contribution is 5.53. The number of benzene rings is 1. The molecule has 20 heavy (non-hydrogen) atoms. The maximum atomic E-state index is 5.71. The first-order valence-electron chi connectivity index (χ1n) is 6.57. The van der Waals surface area contributed by atoms with E-state index in [0.717, 1.165) is 17.7 Å². The van der Waals surface area contributed by atoms with Crippen LogP contribution in [0.3, 0.4) is 0 Å². The fourth-order valence-corrected chi connectivity index (χ4v) is 2.34. The topological polar surface area (TPSA) is 85.1 Å². The zero-order valence-electron chi connectivity index (χ0n) is 11.3. The van der Waals surface area contributed by atoms with Crippen LogP contribution in [0.2, 0.25) is 0 Å². The van der Waals surface area contributed by atoms with E-state index in [4.69, 9.17) is 10.5 Å². The number of nitrogens with zero attached hydrogens (tertiary/aromatic N) is 2. The van der Waals surface area contributed by atoms with Crippen LogP contribution in [-0.2, 0) is 0 Å². The number of para-hydroxylation sites is 1. The molecule has 2 aromatic rings. The van der Waals surface area contributed by atoms with Crippen molar-refractivity contribution in [3.05, 3.63) is 35.9 Å². The lowest BCUT2D eigenvalue weighted by Crippen LogP contribution is -2.21. The lowest BCUT2D eigenvalue weighted by Gasteiger charge is -2.27. The highest BCUT2D eigenvalue weighted by Gasteiger charge is 2.21. The summed E-state index contributed by atoms with van der Waals surface area (Å²) >= 11 is 0. The van der Waals surface area contributed by atoms with Crippen molar-refractivity contribution in [1.29, 1.82) is 0 Å². The molecule has 0 saturated carbocycles. The maximum absolute atomic E-state index is 5.71. The maximum Gasteiger partial charge on any atom is 0.223 e. The summed E-state index contributed by atoms with van der Waals surface area (Å²) in [6.45, 7) is 0.689. The van der Waals surface area contributed by atoms with Gasteiger partial charge in [0.1, 0.15) is 17.4 Å². The lowest BCUT2D eigenvalue weighted by molar-refractivity contribution is 0.274. The molecule has 104 valence electrons. The van der Waals surface area contributed by atoms with Crippen molar-refractivity contribution in [2.24, 2.45) is 0 Å². The van der Waals surface area contributed by atoms with Crippen LogP contribution in [0.5, 0.6) is 5.75 Å². The van der Waals surface area contributed by atoms with Gasteiger partial charge < -0.3 is 21.1 Å². The number of hydrogen-bond donors (Lipinski definition) is 3. The van der Waals surface area contributed by atoms with Crippen LogP contribution in [0.4, 0.5) is 17.6 Å². The van der Waals surface area contributed by atoms with Crippen LogP contribution < -0.4 is 21.1 Å². The minimum atomic E-state index is 0.166. The van der Waals surface area contributed by atoms with Crippen LogP contribution in [-0.4, -0.2) is 23.6 Å². The minimum absolute atomic E-state index is 0.166. The number of fused-ring (bicyclic) bond motifs is 1. The average Bonchev–Trinajstić information content (AvgIpc) is 2.47. The van der Waals surface area contributed by atoms with Gasteiger partial charge in [-0.1, -0.05) is 18.2 Å². The Bertz CT molecular complexity index is 616. The first-order valence-corrected chi connectivity index (χ1v) is 6.57. The summed E-state index contributed by atoms with van der Waals surface area (Å²) in [6, 6.07) is 10.0.